The van der Waals surface area contributed by atoms with Crippen molar-refractivity contribution in [3.05, 3.63) is 34.4 Å². The van der Waals surface area contributed by atoms with Gasteiger partial charge in [0.1, 0.15) is 0 Å². The van der Waals surface area contributed by atoms with Gasteiger partial charge in [-0.05, 0) is 45.9 Å². The Kier molecular flexibility index (Phi) is 4.84. The maximum Gasteiger partial charge on any atom is 0.317 e. The zero-order chi connectivity index (χ0) is 14.7. The molecular weight excluding hydrogens is 242 g/mol. The van der Waals surface area contributed by atoms with Crippen LogP contribution in [0.5, 0.6) is 0 Å². The fraction of sp³-hybridized carbons (Fsp3) is 0.467. The third-order valence-corrected chi connectivity index (χ3v) is 3.35. The van der Waals surface area contributed by atoms with Crippen LogP contribution >= 0.6 is 0 Å². The molecule has 0 aliphatic heterocycles. The molecule has 4 heteroatoms. The first-order valence-electron chi connectivity index (χ1n) is 6.28. The Hall–Kier alpha value is -1.68. The molecule has 19 heavy (non-hydrogen) atoms. The van der Waals surface area contributed by atoms with Crippen LogP contribution in [0.1, 0.15) is 34.0 Å². The monoisotopic (exact) mass is 263 g/mol. The second-order valence-corrected chi connectivity index (χ2v) is 5.12. The number of carboxylic acid groups (broad SMARTS) is 1. The number of rotatable bonds is 5. The van der Waals surface area contributed by atoms with Crippen molar-refractivity contribution in [3.63, 3.8) is 0 Å². The van der Waals surface area contributed by atoms with Crippen LogP contribution in [0.2, 0.25) is 0 Å². The topological polar surface area (TPSA) is 57.6 Å². The minimum atomic E-state index is -0.931. The highest BCUT2D eigenvalue weighted by Gasteiger charge is 2.23. The van der Waals surface area contributed by atoms with Gasteiger partial charge in [-0.15, -0.1) is 0 Å². The van der Waals surface area contributed by atoms with Crippen LogP contribution in [0.3, 0.4) is 0 Å². The van der Waals surface area contributed by atoms with Crippen molar-refractivity contribution in [2.75, 3.05) is 13.6 Å². The van der Waals surface area contributed by atoms with E-state index < -0.39 is 12.0 Å². The lowest BCUT2D eigenvalue weighted by atomic mass is 9.93. The summed E-state index contributed by atoms with van der Waals surface area (Å²) >= 11 is 0. The minimum absolute atomic E-state index is 0.0289. The lowest BCUT2D eigenvalue weighted by Gasteiger charge is -2.23. The van der Waals surface area contributed by atoms with Crippen LogP contribution in [0.4, 0.5) is 0 Å². The molecule has 0 fully saturated rings. The van der Waals surface area contributed by atoms with Crippen molar-refractivity contribution < 1.29 is 14.7 Å². The fourth-order valence-electron chi connectivity index (χ4n) is 2.33. The standard InChI is InChI=1S/C15H21NO3/c1-9-6-10(2)14(11(3)7-9)15(19)12(4)16(5)8-13(17)18/h6-7,12H,8H2,1-5H3,(H,17,18). The Balaban J connectivity index is 3.04. The van der Waals surface area contributed by atoms with E-state index in [1.54, 1.807) is 18.9 Å². The van der Waals surface area contributed by atoms with Gasteiger partial charge in [0.25, 0.3) is 0 Å². The molecule has 0 heterocycles. The molecule has 0 aliphatic rings. The third kappa shape index (κ3) is 3.64. The Morgan fingerprint density at radius 3 is 2.11 bits per heavy atom. The van der Waals surface area contributed by atoms with E-state index in [0.29, 0.717) is 5.56 Å². The zero-order valence-corrected chi connectivity index (χ0v) is 12.2. The summed E-state index contributed by atoms with van der Waals surface area (Å²) in [6.45, 7) is 7.42. The van der Waals surface area contributed by atoms with Crippen LogP contribution in [0.25, 0.3) is 0 Å². The van der Waals surface area contributed by atoms with Crippen molar-refractivity contribution in [3.8, 4) is 0 Å². The minimum Gasteiger partial charge on any atom is -0.480 e. The van der Waals surface area contributed by atoms with Gasteiger partial charge in [-0.3, -0.25) is 14.5 Å². The first-order chi connectivity index (χ1) is 8.73. The van der Waals surface area contributed by atoms with E-state index in [2.05, 4.69) is 0 Å². The number of aliphatic carboxylic acids is 1. The van der Waals surface area contributed by atoms with Crippen LogP contribution in [-0.4, -0.2) is 41.4 Å². The summed E-state index contributed by atoms with van der Waals surface area (Å²) in [6, 6.07) is 3.50. The average Bonchev–Trinajstić information content (AvgIpc) is 2.25. The Morgan fingerprint density at radius 1 is 1.21 bits per heavy atom. The molecule has 1 aromatic rings. The molecule has 0 bridgehead atoms. The highest BCUT2D eigenvalue weighted by molar-refractivity contribution is 6.02. The van der Waals surface area contributed by atoms with Gasteiger partial charge in [0, 0.05) is 5.56 Å². The summed E-state index contributed by atoms with van der Waals surface area (Å²) in [7, 11) is 1.65. The smallest absolute Gasteiger partial charge is 0.317 e. The van der Waals surface area contributed by atoms with Gasteiger partial charge in [0.2, 0.25) is 0 Å². The highest BCUT2D eigenvalue weighted by atomic mass is 16.4. The molecule has 0 radical (unpaired) electrons. The van der Waals surface area contributed by atoms with E-state index in [1.807, 2.05) is 32.9 Å². The lowest BCUT2D eigenvalue weighted by Crippen LogP contribution is -2.39. The number of carbonyl (C=O) groups is 2. The van der Waals surface area contributed by atoms with E-state index in [1.165, 1.54) is 0 Å². The molecule has 104 valence electrons. The van der Waals surface area contributed by atoms with Gasteiger partial charge < -0.3 is 5.11 Å². The summed E-state index contributed by atoms with van der Waals surface area (Å²) in [5.74, 6) is -0.960. The summed E-state index contributed by atoms with van der Waals surface area (Å²) in [4.78, 5) is 24.7. The first-order valence-corrected chi connectivity index (χ1v) is 6.28. The first kappa shape index (κ1) is 15.4. The molecule has 1 unspecified atom stereocenters. The van der Waals surface area contributed by atoms with E-state index in [-0.39, 0.29) is 12.3 Å². The largest absolute Gasteiger partial charge is 0.480 e. The van der Waals surface area contributed by atoms with E-state index in [9.17, 15) is 9.59 Å². The maximum atomic E-state index is 12.5. The molecule has 1 N–H and O–H groups in total. The number of likely N-dealkylation sites (N-methyl/N-ethyl adjacent to an activating group) is 1. The molecule has 0 aliphatic carbocycles. The summed E-state index contributed by atoms with van der Waals surface area (Å²) < 4.78 is 0. The molecule has 1 aromatic carbocycles. The van der Waals surface area contributed by atoms with Gasteiger partial charge in [-0.2, -0.15) is 0 Å². The van der Waals surface area contributed by atoms with Gasteiger partial charge in [-0.1, -0.05) is 17.7 Å². The number of ketones is 1. The number of hydrogen-bond acceptors (Lipinski definition) is 3. The quantitative estimate of drug-likeness (QED) is 0.827. The maximum absolute atomic E-state index is 12.5. The molecule has 0 aromatic heterocycles. The number of carboxylic acids is 1. The molecule has 0 saturated heterocycles. The SMILES string of the molecule is Cc1cc(C)c(C(=O)C(C)N(C)CC(=O)O)c(C)c1. The number of nitrogens with zero attached hydrogens (tertiary/aromatic N) is 1. The van der Waals surface area contributed by atoms with Crippen molar-refractivity contribution in [2.45, 2.75) is 33.7 Å². The molecule has 1 atom stereocenters. The normalized spacial score (nSPS) is 12.5. The molecule has 0 saturated carbocycles. The van der Waals surface area contributed by atoms with Crippen LogP contribution < -0.4 is 0 Å². The molecule has 1 rings (SSSR count). The average molecular weight is 263 g/mol. The van der Waals surface area contributed by atoms with Crippen LogP contribution in [-0.2, 0) is 4.79 Å². The van der Waals surface area contributed by atoms with Gasteiger partial charge in [0.05, 0.1) is 12.6 Å². The van der Waals surface area contributed by atoms with E-state index in [0.717, 1.165) is 16.7 Å². The van der Waals surface area contributed by atoms with Crippen molar-refractivity contribution in [2.24, 2.45) is 0 Å². The van der Waals surface area contributed by atoms with Crippen LogP contribution in [0.15, 0.2) is 12.1 Å². The summed E-state index contributed by atoms with van der Waals surface area (Å²) in [5, 5.41) is 8.78. The lowest BCUT2D eigenvalue weighted by molar-refractivity contribution is -0.138. The molecule has 0 amide bonds. The number of carbonyl (C=O) groups excluding carboxylic acids is 1. The highest BCUT2D eigenvalue weighted by Crippen LogP contribution is 2.19. The van der Waals surface area contributed by atoms with Gasteiger partial charge >= 0.3 is 5.97 Å². The Labute approximate surface area is 114 Å². The number of benzene rings is 1. The Bertz CT molecular complexity index is 485. The Morgan fingerprint density at radius 2 is 1.68 bits per heavy atom. The molecular formula is C15H21NO3. The molecule has 4 nitrogen and oxygen atoms in total. The van der Waals surface area contributed by atoms with E-state index >= 15 is 0 Å². The third-order valence-electron chi connectivity index (χ3n) is 3.35. The van der Waals surface area contributed by atoms with Gasteiger partial charge in [0.15, 0.2) is 5.78 Å². The predicted molar refractivity (Wildman–Crippen MR) is 74.7 cm³/mol. The van der Waals surface area contributed by atoms with E-state index in [4.69, 9.17) is 5.11 Å². The van der Waals surface area contributed by atoms with Crippen LogP contribution in [0, 0.1) is 20.8 Å². The van der Waals surface area contributed by atoms with Gasteiger partial charge in [-0.25, -0.2) is 0 Å². The second kappa shape index (κ2) is 5.97. The summed E-state index contributed by atoms with van der Waals surface area (Å²) in [6.07, 6.45) is 0. The number of Topliss-reactive ketones (excluding diaryl/α,β-unsaturated/α-hetero) is 1. The molecule has 0 spiro atoms. The van der Waals surface area contributed by atoms with Crippen molar-refractivity contribution >= 4 is 11.8 Å². The predicted octanol–water partition coefficient (Wildman–Crippen LogP) is 2.20. The summed E-state index contributed by atoms with van der Waals surface area (Å²) in [5.41, 5.74) is 3.71. The zero-order valence-electron chi connectivity index (χ0n) is 12.2. The van der Waals surface area contributed by atoms with Crippen molar-refractivity contribution in [1.82, 2.24) is 4.90 Å². The number of aryl methyl sites for hydroxylation is 3. The number of hydrogen-bond donors (Lipinski definition) is 1. The van der Waals surface area contributed by atoms with Crippen molar-refractivity contribution in [1.29, 1.82) is 0 Å². The fourth-order valence-corrected chi connectivity index (χ4v) is 2.33. The second-order valence-electron chi connectivity index (χ2n) is 5.12.